The second kappa shape index (κ2) is 6.90. The fourth-order valence-electron chi connectivity index (χ4n) is 2.31. The molecule has 0 saturated heterocycles. The molecule has 2 heteroatoms. The smallest absolute Gasteiger partial charge is 0.305 e. The van der Waals surface area contributed by atoms with Crippen LogP contribution in [-0.4, -0.2) is 13.1 Å². The summed E-state index contributed by atoms with van der Waals surface area (Å²) in [5.74, 6) is -0.162. The van der Waals surface area contributed by atoms with E-state index in [9.17, 15) is 4.79 Å². The number of hydrogen-bond acceptors (Lipinski definition) is 2. The molecule has 0 amide bonds. The molecular weight excluding hydrogens is 248 g/mol. The number of carbonyl (C=O) groups excluding carboxylic acids is 1. The molecule has 0 fully saturated rings. The highest BCUT2D eigenvalue weighted by atomic mass is 16.5. The Kier molecular flexibility index (Phi) is 4.94. The Balaban J connectivity index is 2.13. The van der Waals surface area contributed by atoms with Crippen LogP contribution in [0.15, 0.2) is 48.5 Å². The molecule has 0 unspecified atom stereocenters. The molecule has 2 aromatic carbocycles. The predicted octanol–water partition coefficient (Wildman–Crippen LogP) is 4.02. The van der Waals surface area contributed by atoms with Gasteiger partial charge >= 0.3 is 5.97 Å². The number of esters is 1. The molecule has 20 heavy (non-hydrogen) atoms. The minimum atomic E-state index is -0.162. The van der Waals surface area contributed by atoms with Gasteiger partial charge in [-0.25, -0.2) is 0 Å². The molecule has 0 saturated carbocycles. The van der Waals surface area contributed by atoms with Crippen molar-refractivity contribution in [3.63, 3.8) is 0 Å². The maximum atomic E-state index is 11.1. The zero-order valence-corrected chi connectivity index (χ0v) is 12.1. The van der Waals surface area contributed by atoms with Gasteiger partial charge in [0.1, 0.15) is 0 Å². The number of hydrogen-bond donors (Lipinski definition) is 0. The minimum Gasteiger partial charge on any atom is -0.469 e. The lowest BCUT2D eigenvalue weighted by molar-refractivity contribution is -0.140. The lowest BCUT2D eigenvalue weighted by atomic mass is 9.97. The van der Waals surface area contributed by atoms with E-state index in [0.29, 0.717) is 6.42 Å². The van der Waals surface area contributed by atoms with Crippen LogP contribution in [0.5, 0.6) is 0 Å². The van der Waals surface area contributed by atoms with Gasteiger partial charge in [-0.1, -0.05) is 55.5 Å². The van der Waals surface area contributed by atoms with Gasteiger partial charge in [0.25, 0.3) is 0 Å². The van der Waals surface area contributed by atoms with E-state index in [-0.39, 0.29) is 5.97 Å². The third-order valence-electron chi connectivity index (χ3n) is 3.51. The third-order valence-corrected chi connectivity index (χ3v) is 3.51. The normalized spacial score (nSPS) is 10.3. The average molecular weight is 268 g/mol. The van der Waals surface area contributed by atoms with Crippen molar-refractivity contribution in [2.24, 2.45) is 0 Å². The van der Waals surface area contributed by atoms with Crippen molar-refractivity contribution in [2.45, 2.75) is 26.2 Å². The Morgan fingerprint density at radius 3 is 2.40 bits per heavy atom. The first-order valence-corrected chi connectivity index (χ1v) is 6.98. The average Bonchev–Trinajstić information content (AvgIpc) is 2.53. The Bertz CT molecular complexity index is 570. The molecular formula is C18H20O2. The van der Waals surface area contributed by atoms with Gasteiger partial charge in [-0.3, -0.25) is 4.79 Å². The molecule has 2 rings (SSSR count). The second-order valence-corrected chi connectivity index (χ2v) is 4.78. The van der Waals surface area contributed by atoms with E-state index in [0.717, 1.165) is 18.4 Å². The minimum absolute atomic E-state index is 0.162. The number of benzene rings is 2. The van der Waals surface area contributed by atoms with Crippen molar-refractivity contribution in [3.8, 4) is 11.1 Å². The topological polar surface area (TPSA) is 26.3 Å². The summed E-state index contributed by atoms with van der Waals surface area (Å²) in [6, 6.07) is 16.9. The standard InChI is InChI=1S/C18H20O2/c1-3-15-6-4-5-7-17(15)16-11-8-14(9-12-16)10-13-18(19)20-2/h4-9,11-12H,3,10,13H2,1-2H3. The maximum Gasteiger partial charge on any atom is 0.305 e. The van der Waals surface area contributed by atoms with Crippen LogP contribution in [0.3, 0.4) is 0 Å². The van der Waals surface area contributed by atoms with Gasteiger partial charge in [0.05, 0.1) is 7.11 Å². The molecule has 2 aromatic rings. The van der Waals surface area contributed by atoms with Crippen molar-refractivity contribution in [1.82, 2.24) is 0 Å². The van der Waals surface area contributed by atoms with Crippen molar-refractivity contribution < 1.29 is 9.53 Å². The van der Waals surface area contributed by atoms with E-state index in [4.69, 9.17) is 0 Å². The van der Waals surface area contributed by atoms with Crippen molar-refractivity contribution >= 4 is 5.97 Å². The van der Waals surface area contributed by atoms with Gasteiger partial charge in [0.2, 0.25) is 0 Å². The third kappa shape index (κ3) is 3.47. The van der Waals surface area contributed by atoms with Crippen LogP contribution < -0.4 is 0 Å². The summed E-state index contributed by atoms with van der Waals surface area (Å²) in [7, 11) is 1.42. The fraction of sp³-hybridized carbons (Fsp3) is 0.278. The highest BCUT2D eigenvalue weighted by molar-refractivity contribution is 5.70. The van der Waals surface area contributed by atoms with E-state index in [1.165, 1.54) is 23.8 Å². The largest absolute Gasteiger partial charge is 0.469 e. The van der Waals surface area contributed by atoms with E-state index >= 15 is 0 Å². The SMILES string of the molecule is CCc1ccccc1-c1ccc(CCC(=O)OC)cc1. The van der Waals surface area contributed by atoms with Gasteiger partial charge in [-0.2, -0.15) is 0 Å². The van der Waals surface area contributed by atoms with Gasteiger partial charge < -0.3 is 4.74 Å². The Morgan fingerprint density at radius 1 is 1.05 bits per heavy atom. The Labute approximate surface area is 120 Å². The summed E-state index contributed by atoms with van der Waals surface area (Å²) in [6.45, 7) is 2.17. The first-order chi connectivity index (χ1) is 9.74. The highest BCUT2D eigenvalue weighted by Gasteiger charge is 2.04. The number of aryl methyl sites for hydroxylation is 2. The van der Waals surface area contributed by atoms with Crippen LogP contribution in [0.1, 0.15) is 24.5 Å². The van der Waals surface area contributed by atoms with E-state index in [2.05, 4.69) is 60.2 Å². The summed E-state index contributed by atoms with van der Waals surface area (Å²) in [6.07, 6.45) is 2.18. The number of carbonyl (C=O) groups is 1. The molecule has 104 valence electrons. The predicted molar refractivity (Wildman–Crippen MR) is 81.6 cm³/mol. The Morgan fingerprint density at radius 2 is 1.75 bits per heavy atom. The summed E-state index contributed by atoms with van der Waals surface area (Å²) in [5, 5.41) is 0. The van der Waals surface area contributed by atoms with Crippen LogP contribution in [0, 0.1) is 0 Å². The molecule has 0 radical (unpaired) electrons. The first-order valence-electron chi connectivity index (χ1n) is 6.98. The summed E-state index contributed by atoms with van der Waals surface area (Å²) in [4.78, 5) is 11.1. The monoisotopic (exact) mass is 268 g/mol. The lowest BCUT2D eigenvalue weighted by Crippen LogP contribution is -2.01. The van der Waals surface area contributed by atoms with Gasteiger partial charge in [-0.05, 0) is 35.1 Å². The number of rotatable bonds is 5. The van der Waals surface area contributed by atoms with Crippen molar-refractivity contribution in [2.75, 3.05) is 7.11 Å². The van der Waals surface area contributed by atoms with Gasteiger partial charge in [0, 0.05) is 6.42 Å². The molecule has 0 bridgehead atoms. The van der Waals surface area contributed by atoms with Gasteiger partial charge in [-0.15, -0.1) is 0 Å². The summed E-state index contributed by atoms with van der Waals surface area (Å²) >= 11 is 0. The quantitative estimate of drug-likeness (QED) is 0.765. The van der Waals surface area contributed by atoms with Crippen LogP contribution in [0.25, 0.3) is 11.1 Å². The zero-order valence-electron chi connectivity index (χ0n) is 12.1. The summed E-state index contributed by atoms with van der Waals surface area (Å²) in [5.41, 5.74) is 5.03. The Hall–Kier alpha value is -2.09. The molecule has 0 heterocycles. The van der Waals surface area contributed by atoms with Crippen molar-refractivity contribution in [1.29, 1.82) is 0 Å². The van der Waals surface area contributed by atoms with Crippen molar-refractivity contribution in [3.05, 3.63) is 59.7 Å². The van der Waals surface area contributed by atoms with E-state index in [1.807, 2.05) is 0 Å². The first kappa shape index (κ1) is 14.3. The van der Waals surface area contributed by atoms with E-state index in [1.54, 1.807) is 0 Å². The maximum absolute atomic E-state index is 11.1. The van der Waals surface area contributed by atoms with Crippen LogP contribution in [0.2, 0.25) is 0 Å². The second-order valence-electron chi connectivity index (χ2n) is 4.78. The molecule has 0 aliphatic rings. The van der Waals surface area contributed by atoms with E-state index < -0.39 is 0 Å². The highest BCUT2D eigenvalue weighted by Crippen LogP contribution is 2.24. The zero-order chi connectivity index (χ0) is 14.4. The molecule has 0 aromatic heterocycles. The molecule has 0 atom stereocenters. The molecule has 0 N–H and O–H groups in total. The lowest BCUT2D eigenvalue weighted by Gasteiger charge is -2.08. The van der Waals surface area contributed by atoms with Crippen LogP contribution in [-0.2, 0) is 22.4 Å². The fourth-order valence-corrected chi connectivity index (χ4v) is 2.31. The molecule has 0 aliphatic heterocycles. The van der Waals surface area contributed by atoms with Gasteiger partial charge in [0.15, 0.2) is 0 Å². The number of methoxy groups -OCH3 is 1. The number of ether oxygens (including phenoxy) is 1. The molecule has 2 nitrogen and oxygen atoms in total. The molecule has 0 spiro atoms. The molecule has 0 aliphatic carbocycles. The van der Waals surface area contributed by atoms with Crippen LogP contribution in [0.4, 0.5) is 0 Å². The summed E-state index contributed by atoms with van der Waals surface area (Å²) < 4.78 is 4.66. The van der Waals surface area contributed by atoms with Crippen LogP contribution >= 0.6 is 0 Å².